The van der Waals surface area contributed by atoms with Gasteiger partial charge in [-0.2, -0.15) is 0 Å². The summed E-state index contributed by atoms with van der Waals surface area (Å²) < 4.78 is 48.4. The maximum Gasteiger partial charge on any atom is 0.255 e. The normalized spacial score (nSPS) is 12.1. The van der Waals surface area contributed by atoms with Crippen LogP contribution in [0.25, 0.3) is 55.6 Å². The Hall–Kier alpha value is -4.83. The number of carbonyl (C=O) groups is 1. The van der Waals surface area contributed by atoms with Crippen molar-refractivity contribution >= 4 is 44.5 Å². The Kier molecular flexibility index (Phi) is 6.63. The van der Waals surface area contributed by atoms with Crippen LogP contribution in [-0.2, 0) is 11.0 Å². The van der Waals surface area contributed by atoms with E-state index in [1.807, 2.05) is 6.07 Å². The fourth-order valence-electron chi connectivity index (χ4n) is 4.93. The van der Waals surface area contributed by atoms with Gasteiger partial charge < -0.3 is 14.7 Å². The molecule has 1 unspecified atom stereocenters. The second kappa shape index (κ2) is 10.3. The van der Waals surface area contributed by atoms with E-state index in [-0.39, 0.29) is 23.0 Å². The minimum Gasteiger partial charge on any atom is -0.455 e. The van der Waals surface area contributed by atoms with Gasteiger partial charge in [-0.25, -0.2) is 13.0 Å². The molecule has 3 aromatic heterocycles. The highest BCUT2D eigenvalue weighted by atomic mass is 32.2. The summed E-state index contributed by atoms with van der Waals surface area (Å²) in [5.41, 5.74) is 5.21. The molecule has 0 spiro atoms. The predicted octanol–water partition coefficient (Wildman–Crippen LogP) is 6.68. The van der Waals surface area contributed by atoms with Crippen LogP contribution >= 0.6 is 0 Å². The third-order valence-electron chi connectivity index (χ3n) is 7.06. The summed E-state index contributed by atoms with van der Waals surface area (Å²) >= 11 is 0. The van der Waals surface area contributed by atoms with Gasteiger partial charge in [-0.1, -0.05) is 6.07 Å². The Morgan fingerprint density at radius 2 is 1.73 bits per heavy atom. The fraction of sp³-hybridized carbons (Fsp3) is 0.0968. The van der Waals surface area contributed by atoms with Gasteiger partial charge in [-0.3, -0.25) is 14.1 Å². The van der Waals surface area contributed by atoms with Crippen LogP contribution in [0.2, 0.25) is 0 Å². The minimum absolute atomic E-state index is 0.287. The summed E-state index contributed by atoms with van der Waals surface area (Å²) in [5, 5.41) is 3.66. The van der Waals surface area contributed by atoms with Crippen molar-refractivity contribution in [2.45, 2.75) is 0 Å². The van der Waals surface area contributed by atoms with Gasteiger partial charge in [-0.05, 0) is 54.6 Å². The molecule has 0 saturated heterocycles. The average molecular weight is 571 g/mol. The highest BCUT2D eigenvalue weighted by molar-refractivity contribution is 7.85. The molecule has 0 radical (unpaired) electrons. The van der Waals surface area contributed by atoms with Crippen molar-refractivity contribution in [1.29, 1.82) is 0 Å². The molecule has 2 N–H and O–H groups in total. The van der Waals surface area contributed by atoms with Gasteiger partial charge >= 0.3 is 0 Å². The van der Waals surface area contributed by atoms with Crippen LogP contribution in [0.3, 0.4) is 0 Å². The highest BCUT2D eigenvalue weighted by Crippen LogP contribution is 2.41. The first-order valence-electron chi connectivity index (χ1n) is 12.6. The fourth-order valence-corrected chi connectivity index (χ4v) is 5.35. The maximum atomic E-state index is 14.4. The number of halogens is 2. The van der Waals surface area contributed by atoms with Crippen molar-refractivity contribution in [3.8, 4) is 33.7 Å². The first-order chi connectivity index (χ1) is 19.7. The van der Waals surface area contributed by atoms with E-state index in [1.165, 1.54) is 25.2 Å². The Labute approximate surface area is 236 Å². The molecule has 6 rings (SSSR count). The second-order valence-corrected chi connectivity index (χ2v) is 10.9. The smallest absolute Gasteiger partial charge is 0.255 e. The van der Waals surface area contributed by atoms with Gasteiger partial charge in [0.2, 0.25) is 0 Å². The lowest BCUT2D eigenvalue weighted by atomic mass is 9.98. The topological polar surface area (TPSA) is 91.2 Å². The molecule has 3 aromatic carbocycles. The van der Waals surface area contributed by atoms with Gasteiger partial charge in [-0.15, -0.1) is 0 Å². The van der Waals surface area contributed by atoms with Crippen molar-refractivity contribution in [2.75, 3.05) is 24.7 Å². The zero-order chi connectivity index (χ0) is 28.8. The molecule has 0 aliphatic heterocycles. The molecule has 206 valence electrons. The lowest BCUT2D eigenvalue weighted by Crippen LogP contribution is -2.20. The first kappa shape index (κ1) is 26.4. The van der Waals surface area contributed by atoms with Crippen molar-refractivity contribution in [3.63, 3.8) is 0 Å². The van der Waals surface area contributed by atoms with Crippen molar-refractivity contribution in [3.05, 3.63) is 96.3 Å². The number of fused-ring (bicyclic) bond motifs is 2. The Balaban J connectivity index is 1.58. The standard InChI is InChI=1S/C31H24F2N4O3S/c1-34-31(38)29-23-12-21(18-11-19(16-35-15-18)26-13-22-24(33)5-4-6-25(22)36-26)27(37(2)41(3)39)14-28(23)40-30(29)17-7-9-20(32)10-8-17/h4-16,36H,1-3H3,(H,34,38). The van der Waals surface area contributed by atoms with Crippen LogP contribution in [0.4, 0.5) is 14.5 Å². The van der Waals surface area contributed by atoms with E-state index >= 15 is 0 Å². The number of anilines is 1. The lowest BCUT2D eigenvalue weighted by Gasteiger charge is -2.20. The summed E-state index contributed by atoms with van der Waals surface area (Å²) in [6.45, 7) is 0. The van der Waals surface area contributed by atoms with E-state index in [0.717, 1.165) is 5.56 Å². The van der Waals surface area contributed by atoms with Crippen molar-refractivity contribution in [2.24, 2.45) is 0 Å². The van der Waals surface area contributed by atoms with Crippen LogP contribution < -0.4 is 9.62 Å². The van der Waals surface area contributed by atoms with Gasteiger partial charge in [0.25, 0.3) is 5.91 Å². The van der Waals surface area contributed by atoms with Crippen molar-refractivity contribution in [1.82, 2.24) is 15.3 Å². The van der Waals surface area contributed by atoms with Crippen LogP contribution in [0.1, 0.15) is 10.4 Å². The van der Waals surface area contributed by atoms with Crippen molar-refractivity contribution < 1.29 is 22.2 Å². The van der Waals surface area contributed by atoms with Crippen LogP contribution in [-0.4, -0.2) is 40.4 Å². The monoisotopic (exact) mass is 570 g/mol. The first-order valence-corrected chi connectivity index (χ1v) is 14.2. The third kappa shape index (κ3) is 4.66. The number of furan rings is 1. The number of hydrogen-bond donors (Lipinski definition) is 2. The van der Waals surface area contributed by atoms with Crippen LogP contribution in [0.5, 0.6) is 0 Å². The lowest BCUT2D eigenvalue weighted by molar-refractivity contribution is 0.0964. The van der Waals surface area contributed by atoms with E-state index in [4.69, 9.17) is 4.42 Å². The summed E-state index contributed by atoms with van der Waals surface area (Å²) in [6.07, 6.45) is 4.90. The number of aromatic amines is 1. The minimum atomic E-state index is -1.39. The molecule has 7 nitrogen and oxygen atoms in total. The van der Waals surface area contributed by atoms with E-state index < -0.39 is 16.8 Å². The third-order valence-corrected chi connectivity index (χ3v) is 8.03. The summed E-state index contributed by atoms with van der Waals surface area (Å²) in [6, 6.07) is 17.7. The number of rotatable bonds is 6. The molecular formula is C31H24F2N4O3S. The van der Waals surface area contributed by atoms with Gasteiger partial charge in [0, 0.05) is 83.0 Å². The number of aromatic nitrogens is 2. The molecule has 0 fully saturated rings. The van der Waals surface area contributed by atoms with Crippen LogP contribution in [0, 0.1) is 11.6 Å². The molecule has 0 aliphatic rings. The number of carbonyl (C=O) groups excluding carboxylic acids is 1. The quantitative estimate of drug-likeness (QED) is 0.234. The number of amides is 1. The molecular weight excluding hydrogens is 546 g/mol. The van der Waals surface area contributed by atoms with Gasteiger partial charge in [0.1, 0.15) is 34.0 Å². The molecule has 3 heterocycles. The van der Waals surface area contributed by atoms with Gasteiger partial charge in [0.05, 0.1) is 11.3 Å². The maximum absolute atomic E-state index is 14.4. The zero-order valence-corrected chi connectivity index (χ0v) is 23.1. The van der Waals surface area contributed by atoms with E-state index in [2.05, 4.69) is 15.3 Å². The molecule has 6 aromatic rings. The average Bonchev–Trinajstić information content (AvgIpc) is 3.59. The Morgan fingerprint density at radius 3 is 2.44 bits per heavy atom. The number of hydrogen-bond acceptors (Lipinski definition) is 4. The summed E-state index contributed by atoms with van der Waals surface area (Å²) in [5.74, 6) is -0.823. The SMILES string of the molecule is CNC(=O)c1c(-c2ccc(F)cc2)oc2cc(N(C)S(C)=O)c(-c3cncc(-c4cc5c(F)cccc5[nH]4)c3)cc12. The molecule has 0 aliphatic carbocycles. The number of benzene rings is 3. The number of nitrogens with one attached hydrogen (secondary N) is 2. The van der Waals surface area contributed by atoms with E-state index in [1.54, 1.807) is 72.5 Å². The summed E-state index contributed by atoms with van der Waals surface area (Å²) in [4.78, 5) is 20.8. The van der Waals surface area contributed by atoms with Crippen LogP contribution in [0.15, 0.2) is 83.5 Å². The number of pyridine rings is 1. The molecule has 1 amide bonds. The second-order valence-electron chi connectivity index (χ2n) is 9.53. The number of nitrogens with zero attached hydrogens (tertiary/aromatic N) is 2. The molecule has 0 saturated carbocycles. The summed E-state index contributed by atoms with van der Waals surface area (Å²) in [7, 11) is 1.83. The molecule has 41 heavy (non-hydrogen) atoms. The van der Waals surface area contributed by atoms with Gasteiger partial charge in [0.15, 0.2) is 0 Å². The Bertz CT molecular complexity index is 1980. The molecule has 1 atom stereocenters. The predicted molar refractivity (Wildman–Crippen MR) is 158 cm³/mol. The van der Waals surface area contributed by atoms with E-state index in [0.29, 0.717) is 49.9 Å². The molecule has 0 bridgehead atoms. The molecule has 10 heteroatoms. The number of H-pyrrole nitrogens is 1. The highest BCUT2D eigenvalue weighted by Gasteiger charge is 2.25. The van der Waals surface area contributed by atoms with E-state index in [9.17, 15) is 17.8 Å². The zero-order valence-electron chi connectivity index (χ0n) is 22.3. The largest absolute Gasteiger partial charge is 0.455 e. The Morgan fingerprint density at radius 1 is 0.976 bits per heavy atom.